The third kappa shape index (κ3) is 1.13. The second kappa shape index (κ2) is 2.48. The van der Waals surface area contributed by atoms with Gasteiger partial charge in [-0.2, -0.15) is 0 Å². The normalized spacial score (nSPS) is 29.6. The van der Waals surface area contributed by atoms with Crippen LogP contribution in [0.3, 0.4) is 0 Å². The fourth-order valence-electron chi connectivity index (χ4n) is 1.92. The van der Waals surface area contributed by atoms with E-state index in [2.05, 4.69) is 25.1 Å². The van der Waals surface area contributed by atoms with Crippen LogP contribution in [0.4, 0.5) is 0 Å². The largest absolute Gasteiger partial charge is 0.493 e. The molecule has 1 fully saturated rings. The molecule has 2 aliphatic rings. The molecule has 2 atom stereocenters. The van der Waals surface area contributed by atoms with Crippen molar-refractivity contribution in [1.29, 1.82) is 0 Å². The number of rotatable bonds is 1. The van der Waals surface area contributed by atoms with Crippen molar-refractivity contribution in [3.63, 3.8) is 0 Å². The summed E-state index contributed by atoms with van der Waals surface area (Å²) in [5, 5.41) is 0. The molecule has 3 rings (SSSR count). The smallest absolute Gasteiger partial charge is 0.122 e. The minimum absolute atomic E-state index is 0.339. The van der Waals surface area contributed by atoms with E-state index in [1.807, 2.05) is 0 Å². The van der Waals surface area contributed by atoms with Crippen LogP contribution in [0.5, 0.6) is 5.75 Å². The molecule has 0 spiro atoms. The standard InChI is InChI=1S/C11H12O2/c1-7-11(13-7)9-2-3-10-8(6-9)4-5-12-10/h2-3,6-7,11H,4-5H2,1H3. The van der Waals surface area contributed by atoms with E-state index < -0.39 is 0 Å². The van der Waals surface area contributed by atoms with Crippen LogP contribution in [0.15, 0.2) is 18.2 Å². The van der Waals surface area contributed by atoms with Gasteiger partial charge < -0.3 is 9.47 Å². The lowest BCUT2D eigenvalue weighted by Gasteiger charge is -2.00. The molecular weight excluding hydrogens is 164 g/mol. The third-order valence-electron chi connectivity index (χ3n) is 2.75. The summed E-state index contributed by atoms with van der Waals surface area (Å²) in [6.45, 7) is 2.94. The van der Waals surface area contributed by atoms with E-state index in [-0.39, 0.29) is 0 Å². The average molecular weight is 176 g/mol. The maximum atomic E-state index is 5.44. The van der Waals surface area contributed by atoms with Gasteiger partial charge in [0, 0.05) is 6.42 Å². The van der Waals surface area contributed by atoms with Crippen LogP contribution in [0.1, 0.15) is 24.2 Å². The minimum atomic E-state index is 0.339. The highest BCUT2D eigenvalue weighted by atomic mass is 16.6. The molecule has 0 amide bonds. The summed E-state index contributed by atoms with van der Waals surface area (Å²) in [5.74, 6) is 1.05. The maximum absolute atomic E-state index is 5.44. The molecule has 0 bridgehead atoms. The first-order chi connectivity index (χ1) is 6.34. The molecule has 68 valence electrons. The van der Waals surface area contributed by atoms with E-state index >= 15 is 0 Å². The summed E-state index contributed by atoms with van der Waals surface area (Å²) >= 11 is 0. The summed E-state index contributed by atoms with van der Waals surface area (Å²) in [7, 11) is 0. The van der Waals surface area contributed by atoms with Crippen LogP contribution in [-0.2, 0) is 11.2 Å². The van der Waals surface area contributed by atoms with E-state index in [0.717, 1.165) is 18.8 Å². The Balaban J connectivity index is 1.96. The van der Waals surface area contributed by atoms with Crippen molar-refractivity contribution < 1.29 is 9.47 Å². The number of hydrogen-bond acceptors (Lipinski definition) is 2. The molecular formula is C11H12O2. The van der Waals surface area contributed by atoms with Crippen molar-refractivity contribution in [2.24, 2.45) is 0 Å². The Kier molecular flexibility index (Phi) is 1.41. The Bertz CT molecular complexity index is 346. The first-order valence-electron chi connectivity index (χ1n) is 4.76. The molecule has 0 aliphatic carbocycles. The topological polar surface area (TPSA) is 21.8 Å². The van der Waals surface area contributed by atoms with Gasteiger partial charge in [-0.15, -0.1) is 0 Å². The van der Waals surface area contributed by atoms with Crippen LogP contribution >= 0.6 is 0 Å². The monoisotopic (exact) mass is 176 g/mol. The van der Waals surface area contributed by atoms with Gasteiger partial charge in [0.15, 0.2) is 0 Å². The van der Waals surface area contributed by atoms with Gasteiger partial charge in [-0.25, -0.2) is 0 Å². The predicted molar refractivity (Wildman–Crippen MR) is 48.9 cm³/mol. The fraction of sp³-hybridized carbons (Fsp3) is 0.455. The highest BCUT2D eigenvalue weighted by Crippen LogP contribution is 2.40. The maximum Gasteiger partial charge on any atom is 0.122 e. The lowest BCUT2D eigenvalue weighted by Crippen LogP contribution is -1.85. The molecule has 1 aromatic carbocycles. The SMILES string of the molecule is CC1OC1c1ccc2c(c1)CCO2. The van der Waals surface area contributed by atoms with Crippen LogP contribution in [-0.4, -0.2) is 12.7 Å². The Hall–Kier alpha value is -1.02. The molecule has 2 heterocycles. The number of fused-ring (bicyclic) bond motifs is 1. The molecule has 13 heavy (non-hydrogen) atoms. The van der Waals surface area contributed by atoms with Crippen LogP contribution in [0.25, 0.3) is 0 Å². The van der Waals surface area contributed by atoms with Gasteiger partial charge in [0.25, 0.3) is 0 Å². The molecule has 2 unspecified atom stereocenters. The molecule has 0 saturated carbocycles. The molecule has 0 aromatic heterocycles. The van der Waals surface area contributed by atoms with Gasteiger partial charge in [0.05, 0.1) is 12.7 Å². The number of hydrogen-bond donors (Lipinski definition) is 0. The van der Waals surface area contributed by atoms with Crippen molar-refractivity contribution in [3.05, 3.63) is 29.3 Å². The predicted octanol–water partition coefficient (Wildman–Crippen LogP) is 2.08. The summed E-state index contributed by atoms with van der Waals surface area (Å²) in [4.78, 5) is 0. The quantitative estimate of drug-likeness (QED) is 0.611. The summed E-state index contributed by atoms with van der Waals surface area (Å²) in [6, 6.07) is 6.39. The van der Waals surface area contributed by atoms with Gasteiger partial charge in [0.1, 0.15) is 11.9 Å². The van der Waals surface area contributed by atoms with Crippen molar-refractivity contribution in [1.82, 2.24) is 0 Å². The molecule has 2 nitrogen and oxygen atoms in total. The first kappa shape index (κ1) is 7.39. The van der Waals surface area contributed by atoms with Gasteiger partial charge in [-0.3, -0.25) is 0 Å². The first-order valence-corrected chi connectivity index (χ1v) is 4.76. The van der Waals surface area contributed by atoms with Gasteiger partial charge in [-0.05, 0) is 30.2 Å². The van der Waals surface area contributed by atoms with E-state index in [4.69, 9.17) is 9.47 Å². The molecule has 0 radical (unpaired) electrons. The number of epoxide rings is 1. The minimum Gasteiger partial charge on any atom is -0.493 e. The Labute approximate surface area is 77.5 Å². The summed E-state index contributed by atoms with van der Waals surface area (Å²) in [6.07, 6.45) is 1.79. The zero-order chi connectivity index (χ0) is 8.84. The fourth-order valence-corrected chi connectivity index (χ4v) is 1.92. The molecule has 2 heteroatoms. The lowest BCUT2D eigenvalue weighted by molar-refractivity contribution is 0.356. The van der Waals surface area contributed by atoms with E-state index in [9.17, 15) is 0 Å². The average Bonchev–Trinajstić information content (AvgIpc) is 2.70. The molecule has 1 aromatic rings. The summed E-state index contributed by atoms with van der Waals surface area (Å²) in [5.41, 5.74) is 2.64. The molecule has 0 N–H and O–H groups in total. The summed E-state index contributed by atoms with van der Waals surface area (Å²) < 4.78 is 10.9. The van der Waals surface area contributed by atoms with Crippen molar-refractivity contribution in [2.45, 2.75) is 25.6 Å². The zero-order valence-electron chi connectivity index (χ0n) is 7.62. The highest BCUT2D eigenvalue weighted by molar-refractivity contribution is 5.41. The van der Waals surface area contributed by atoms with Gasteiger partial charge in [-0.1, -0.05) is 6.07 Å². The lowest BCUT2D eigenvalue weighted by atomic mass is 10.1. The Morgan fingerprint density at radius 1 is 1.38 bits per heavy atom. The van der Waals surface area contributed by atoms with Crippen molar-refractivity contribution >= 4 is 0 Å². The van der Waals surface area contributed by atoms with E-state index in [1.54, 1.807) is 0 Å². The second-order valence-electron chi connectivity index (χ2n) is 3.73. The van der Waals surface area contributed by atoms with Crippen LogP contribution in [0.2, 0.25) is 0 Å². The second-order valence-corrected chi connectivity index (χ2v) is 3.73. The molecule has 1 saturated heterocycles. The molecule has 2 aliphatic heterocycles. The Morgan fingerprint density at radius 2 is 2.23 bits per heavy atom. The zero-order valence-corrected chi connectivity index (χ0v) is 7.62. The Morgan fingerprint density at radius 3 is 3.00 bits per heavy atom. The van der Waals surface area contributed by atoms with Crippen LogP contribution in [0, 0.1) is 0 Å². The highest BCUT2D eigenvalue weighted by Gasteiger charge is 2.36. The van der Waals surface area contributed by atoms with E-state index in [1.165, 1.54) is 11.1 Å². The van der Waals surface area contributed by atoms with Gasteiger partial charge in [0.2, 0.25) is 0 Å². The number of ether oxygens (including phenoxy) is 2. The van der Waals surface area contributed by atoms with Crippen LogP contribution < -0.4 is 4.74 Å². The van der Waals surface area contributed by atoms with Gasteiger partial charge >= 0.3 is 0 Å². The van der Waals surface area contributed by atoms with Crippen molar-refractivity contribution in [3.8, 4) is 5.75 Å². The third-order valence-corrected chi connectivity index (χ3v) is 2.75. The van der Waals surface area contributed by atoms with E-state index in [0.29, 0.717) is 12.2 Å². The number of benzene rings is 1. The van der Waals surface area contributed by atoms with Crippen molar-refractivity contribution in [2.75, 3.05) is 6.61 Å².